The Morgan fingerprint density at radius 1 is 1.10 bits per heavy atom. The van der Waals surface area contributed by atoms with E-state index in [0.29, 0.717) is 39.3 Å². The van der Waals surface area contributed by atoms with E-state index >= 15 is 0 Å². The highest BCUT2D eigenvalue weighted by Gasteiger charge is 2.28. The van der Waals surface area contributed by atoms with Crippen LogP contribution in [0.4, 0.5) is 4.79 Å². The van der Waals surface area contributed by atoms with Crippen molar-refractivity contribution in [3.8, 4) is 5.75 Å². The average molecular weight is 413 g/mol. The van der Waals surface area contributed by atoms with E-state index in [0.717, 1.165) is 22.1 Å². The molecule has 2 aromatic carbocycles. The zero-order chi connectivity index (χ0) is 21.7. The second-order valence-corrected chi connectivity index (χ2v) is 7.78. The minimum Gasteiger partial charge on any atom is -0.497 e. The molecule has 1 atom stereocenters. The van der Waals surface area contributed by atoms with E-state index in [1.54, 1.807) is 12.0 Å². The molecule has 1 heterocycles. The number of hydrogen-bond acceptors (Lipinski definition) is 4. The number of likely N-dealkylation sites (N-methyl/N-ethyl adjacent to an activating group) is 1. The predicted molar refractivity (Wildman–Crippen MR) is 119 cm³/mol. The number of fused-ring (bicyclic) bond motifs is 1. The lowest BCUT2D eigenvalue weighted by molar-refractivity contribution is -0.136. The van der Waals surface area contributed by atoms with Gasteiger partial charge >= 0.3 is 6.03 Å². The van der Waals surface area contributed by atoms with Gasteiger partial charge < -0.3 is 19.9 Å². The monoisotopic (exact) mass is 412 g/mol. The molecule has 3 amide bonds. The van der Waals surface area contributed by atoms with Crippen molar-refractivity contribution in [1.82, 2.24) is 20.0 Å². The minimum atomic E-state index is -0.212. The molecule has 162 valence electrons. The van der Waals surface area contributed by atoms with Crippen molar-refractivity contribution < 1.29 is 14.3 Å². The molecule has 1 unspecified atom stereocenters. The van der Waals surface area contributed by atoms with Crippen LogP contribution in [0.5, 0.6) is 5.75 Å². The number of ether oxygens (including phenoxy) is 1. The fourth-order valence-electron chi connectivity index (χ4n) is 3.90. The summed E-state index contributed by atoms with van der Waals surface area (Å²) in [4.78, 5) is 30.7. The lowest BCUT2D eigenvalue weighted by Crippen LogP contribution is -2.56. The van der Waals surface area contributed by atoms with E-state index in [4.69, 9.17) is 4.74 Å². The Morgan fingerprint density at radius 3 is 2.43 bits per heavy atom. The summed E-state index contributed by atoms with van der Waals surface area (Å²) in [5.74, 6) is 0.930. The standard InChI is InChI=1S/C23H32N4O3/c1-5-24-23(29)27-12-10-26(11-13-27)17(2)22(28)25(3)16-18-6-7-20-15-21(30-4)9-8-19(20)14-18/h6-9,14-15,17H,5,10-13,16H2,1-4H3,(H,24,29). The minimum absolute atomic E-state index is 0.0258. The summed E-state index contributed by atoms with van der Waals surface area (Å²) < 4.78 is 5.28. The Kier molecular flexibility index (Phi) is 7.15. The van der Waals surface area contributed by atoms with E-state index in [2.05, 4.69) is 28.4 Å². The molecule has 0 radical (unpaired) electrons. The third-order valence-corrected chi connectivity index (χ3v) is 5.74. The van der Waals surface area contributed by atoms with Crippen molar-refractivity contribution in [3.05, 3.63) is 42.0 Å². The van der Waals surface area contributed by atoms with Gasteiger partial charge in [-0.05, 0) is 48.4 Å². The normalized spacial score (nSPS) is 15.7. The predicted octanol–water partition coefficient (Wildman–Crippen LogP) is 2.54. The maximum Gasteiger partial charge on any atom is 0.317 e. The van der Waals surface area contributed by atoms with Gasteiger partial charge in [0.2, 0.25) is 5.91 Å². The Bertz CT molecular complexity index is 893. The van der Waals surface area contributed by atoms with E-state index in [-0.39, 0.29) is 18.0 Å². The molecule has 0 aromatic heterocycles. The van der Waals surface area contributed by atoms with Crippen molar-refractivity contribution in [2.75, 3.05) is 46.9 Å². The SMILES string of the molecule is CCNC(=O)N1CCN(C(C)C(=O)N(C)Cc2ccc3cc(OC)ccc3c2)CC1. The van der Waals surface area contributed by atoms with E-state index in [1.807, 2.05) is 44.0 Å². The molecule has 0 spiro atoms. The third kappa shape index (κ3) is 5.02. The summed E-state index contributed by atoms with van der Waals surface area (Å²) in [6.07, 6.45) is 0. The van der Waals surface area contributed by atoms with Crippen LogP contribution in [0.3, 0.4) is 0 Å². The number of amides is 3. The van der Waals surface area contributed by atoms with Crippen molar-refractivity contribution in [2.45, 2.75) is 26.4 Å². The van der Waals surface area contributed by atoms with Gasteiger partial charge in [0.05, 0.1) is 13.2 Å². The number of nitrogens with zero attached hydrogens (tertiary/aromatic N) is 3. The molecule has 7 heteroatoms. The van der Waals surface area contributed by atoms with Crippen molar-refractivity contribution in [2.24, 2.45) is 0 Å². The van der Waals surface area contributed by atoms with Crippen molar-refractivity contribution in [1.29, 1.82) is 0 Å². The Hall–Kier alpha value is -2.80. The molecule has 7 nitrogen and oxygen atoms in total. The first-order valence-corrected chi connectivity index (χ1v) is 10.5. The van der Waals surface area contributed by atoms with Gasteiger partial charge in [0.1, 0.15) is 5.75 Å². The largest absolute Gasteiger partial charge is 0.497 e. The summed E-state index contributed by atoms with van der Waals surface area (Å²) in [5, 5.41) is 5.08. The topological polar surface area (TPSA) is 65.1 Å². The van der Waals surface area contributed by atoms with Crippen LogP contribution in [0.25, 0.3) is 10.8 Å². The highest BCUT2D eigenvalue weighted by Crippen LogP contribution is 2.22. The number of urea groups is 1. The molecular weight excluding hydrogens is 380 g/mol. The van der Waals surface area contributed by atoms with Crippen LogP contribution in [0, 0.1) is 0 Å². The quantitative estimate of drug-likeness (QED) is 0.792. The summed E-state index contributed by atoms with van der Waals surface area (Å²) in [5.41, 5.74) is 1.09. The van der Waals surface area contributed by atoms with Gasteiger partial charge in [-0.15, -0.1) is 0 Å². The number of rotatable bonds is 6. The van der Waals surface area contributed by atoms with Crippen LogP contribution in [0.15, 0.2) is 36.4 Å². The fraction of sp³-hybridized carbons (Fsp3) is 0.478. The first-order valence-electron chi connectivity index (χ1n) is 10.5. The third-order valence-electron chi connectivity index (χ3n) is 5.74. The van der Waals surface area contributed by atoms with Crippen LogP contribution >= 0.6 is 0 Å². The van der Waals surface area contributed by atoms with E-state index in [9.17, 15) is 9.59 Å². The molecule has 0 bridgehead atoms. The molecule has 1 saturated heterocycles. The number of benzene rings is 2. The number of methoxy groups -OCH3 is 1. The van der Waals surface area contributed by atoms with Gasteiger partial charge in [-0.1, -0.05) is 18.2 Å². The van der Waals surface area contributed by atoms with Gasteiger partial charge in [0, 0.05) is 46.3 Å². The van der Waals surface area contributed by atoms with Crippen LogP contribution in [0.1, 0.15) is 19.4 Å². The Balaban J connectivity index is 1.57. The molecule has 1 aliphatic heterocycles. The van der Waals surface area contributed by atoms with Gasteiger partial charge in [0.15, 0.2) is 0 Å². The molecule has 0 saturated carbocycles. The van der Waals surface area contributed by atoms with E-state index in [1.165, 1.54) is 0 Å². The maximum absolute atomic E-state index is 13.0. The van der Waals surface area contributed by atoms with Crippen LogP contribution in [-0.2, 0) is 11.3 Å². The zero-order valence-electron chi connectivity index (χ0n) is 18.4. The number of piperazine rings is 1. The molecule has 0 aliphatic carbocycles. The first kappa shape index (κ1) is 21.9. The van der Waals surface area contributed by atoms with Crippen LogP contribution in [0.2, 0.25) is 0 Å². The lowest BCUT2D eigenvalue weighted by atomic mass is 10.1. The first-order chi connectivity index (χ1) is 14.4. The molecule has 1 N–H and O–H groups in total. The smallest absolute Gasteiger partial charge is 0.317 e. The van der Waals surface area contributed by atoms with Crippen LogP contribution < -0.4 is 10.1 Å². The molecular formula is C23H32N4O3. The summed E-state index contributed by atoms with van der Waals surface area (Å²) >= 11 is 0. The van der Waals surface area contributed by atoms with Gasteiger partial charge in [0.25, 0.3) is 0 Å². The van der Waals surface area contributed by atoms with Crippen molar-refractivity contribution in [3.63, 3.8) is 0 Å². The molecule has 3 rings (SSSR count). The Labute approximate surface area is 178 Å². The van der Waals surface area contributed by atoms with Crippen molar-refractivity contribution >= 4 is 22.7 Å². The lowest BCUT2D eigenvalue weighted by Gasteiger charge is -2.38. The second-order valence-electron chi connectivity index (χ2n) is 7.78. The second kappa shape index (κ2) is 9.80. The highest BCUT2D eigenvalue weighted by molar-refractivity contribution is 5.85. The van der Waals surface area contributed by atoms with Crippen LogP contribution in [-0.4, -0.2) is 79.6 Å². The highest BCUT2D eigenvalue weighted by atomic mass is 16.5. The number of carbonyl (C=O) groups excluding carboxylic acids is 2. The summed E-state index contributed by atoms with van der Waals surface area (Å²) in [7, 11) is 3.51. The summed E-state index contributed by atoms with van der Waals surface area (Å²) in [6.45, 7) is 7.74. The molecule has 1 aliphatic rings. The summed E-state index contributed by atoms with van der Waals surface area (Å²) in [6, 6.07) is 12.0. The maximum atomic E-state index is 13.0. The number of hydrogen-bond donors (Lipinski definition) is 1. The molecule has 2 aromatic rings. The average Bonchev–Trinajstić information content (AvgIpc) is 2.77. The van der Waals surface area contributed by atoms with Gasteiger partial charge in [-0.25, -0.2) is 4.79 Å². The molecule has 1 fully saturated rings. The fourth-order valence-corrected chi connectivity index (χ4v) is 3.90. The van der Waals surface area contributed by atoms with E-state index < -0.39 is 0 Å². The zero-order valence-corrected chi connectivity index (χ0v) is 18.4. The van der Waals surface area contributed by atoms with Gasteiger partial charge in [-0.2, -0.15) is 0 Å². The number of carbonyl (C=O) groups is 2. The Morgan fingerprint density at radius 2 is 1.77 bits per heavy atom. The van der Waals surface area contributed by atoms with Gasteiger partial charge in [-0.3, -0.25) is 9.69 Å². The number of nitrogens with one attached hydrogen (secondary N) is 1. The molecule has 30 heavy (non-hydrogen) atoms.